The number of carbonyl (C=O) groups excluding carboxylic acids is 1. The normalized spacial score (nSPS) is 12.0. The van der Waals surface area contributed by atoms with E-state index in [4.69, 9.17) is 9.52 Å². The number of nitrogens with one attached hydrogen (secondary N) is 1. The summed E-state index contributed by atoms with van der Waals surface area (Å²) >= 11 is 0. The minimum atomic E-state index is -0.279. The van der Waals surface area contributed by atoms with Crippen molar-refractivity contribution in [2.45, 2.75) is 26.8 Å². The number of urea groups is 1. The summed E-state index contributed by atoms with van der Waals surface area (Å²) in [6.45, 7) is 5.44. The van der Waals surface area contributed by atoms with E-state index < -0.39 is 0 Å². The third kappa shape index (κ3) is 3.46. The predicted molar refractivity (Wildman–Crippen MR) is 84.7 cm³/mol. The van der Waals surface area contributed by atoms with Gasteiger partial charge in [-0.3, -0.25) is 0 Å². The largest absolute Gasteiger partial charge is 0.441 e. The van der Waals surface area contributed by atoms with Gasteiger partial charge in [0.05, 0.1) is 18.3 Å². The average Bonchev–Trinajstić information content (AvgIpc) is 2.85. The van der Waals surface area contributed by atoms with Crippen molar-refractivity contribution >= 4 is 11.7 Å². The molecule has 22 heavy (non-hydrogen) atoms. The number of aryl methyl sites for hydroxylation is 2. The van der Waals surface area contributed by atoms with Gasteiger partial charge in [0.15, 0.2) is 0 Å². The summed E-state index contributed by atoms with van der Waals surface area (Å²) in [5.41, 5.74) is 2.29. The van der Waals surface area contributed by atoms with E-state index in [-0.39, 0.29) is 18.7 Å². The molecule has 2 amide bonds. The molecule has 0 aliphatic rings. The Hall–Kier alpha value is -2.34. The molecule has 0 spiro atoms. The summed E-state index contributed by atoms with van der Waals surface area (Å²) in [4.78, 5) is 17.9. The number of nitrogens with zero attached hydrogens (tertiary/aromatic N) is 2. The van der Waals surface area contributed by atoms with Gasteiger partial charge in [-0.05, 0) is 39.0 Å². The Balaban J connectivity index is 2.17. The van der Waals surface area contributed by atoms with E-state index in [1.807, 2.05) is 26.0 Å². The van der Waals surface area contributed by atoms with E-state index in [1.165, 1.54) is 4.90 Å². The topological polar surface area (TPSA) is 78.6 Å². The Kier molecular flexibility index (Phi) is 4.82. The molecule has 0 saturated heterocycles. The highest BCUT2D eigenvalue weighted by atomic mass is 16.4. The second-order valence-corrected chi connectivity index (χ2v) is 5.31. The first-order chi connectivity index (χ1) is 10.4. The average molecular weight is 303 g/mol. The highest BCUT2D eigenvalue weighted by Gasteiger charge is 2.15. The molecule has 6 heteroatoms. The van der Waals surface area contributed by atoms with Crippen LogP contribution in [0.4, 0.5) is 10.5 Å². The standard InChI is InChI=1S/C16H21N3O3/c1-10(9-20)19(4)16(21)18-14-7-5-6-13(8-14)15-17-11(2)12(3)22-15/h5-8,10,20H,9H2,1-4H3,(H,18,21). The third-order valence-electron chi connectivity index (χ3n) is 3.64. The fourth-order valence-electron chi connectivity index (χ4n) is 1.86. The lowest BCUT2D eigenvalue weighted by atomic mass is 10.2. The van der Waals surface area contributed by atoms with Crippen LogP contribution < -0.4 is 5.32 Å². The van der Waals surface area contributed by atoms with E-state index in [2.05, 4.69) is 10.3 Å². The Bertz CT molecular complexity index is 647. The second kappa shape index (κ2) is 6.62. The number of anilines is 1. The molecule has 118 valence electrons. The minimum absolute atomic E-state index is 0.0845. The molecule has 1 aromatic carbocycles. The molecular formula is C16H21N3O3. The number of aromatic nitrogens is 1. The second-order valence-electron chi connectivity index (χ2n) is 5.31. The highest BCUT2D eigenvalue weighted by Crippen LogP contribution is 2.24. The number of amides is 2. The molecule has 2 rings (SSSR count). The molecule has 1 atom stereocenters. The monoisotopic (exact) mass is 303 g/mol. The van der Waals surface area contributed by atoms with Gasteiger partial charge in [-0.25, -0.2) is 9.78 Å². The van der Waals surface area contributed by atoms with Crippen LogP contribution in [0.25, 0.3) is 11.5 Å². The number of benzene rings is 1. The first-order valence-electron chi connectivity index (χ1n) is 7.11. The van der Waals surface area contributed by atoms with Gasteiger partial charge >= 0.3 is 6.03 Å². The van der Waals surface area contributed by atoms with Crippen LogP contribution in [0.2, 0.25) is 0 Å². The SMILES string of the molecule is Cc1nc(-c2cccc(NC(=O)N(C)C(C)CO)c2)oc1C. The quantitative estimate of drug-likeness (QED) is 0.910. The molecule has 0 aliphatic carbocycles. The number of carbonyl (C=O) groups is 1. The van der Waals surface area contributed by atoms with Gasteiger partial charge < -0.3 is 19.7 Å². The lowest BCUT2D eigenvalue weighted by Crippen LogP contribution is -2.40. The summed E-state index contributed by atoms with van der Waals surface area (Å²) in [5.74, 6) is 1.31. The summed E-state index contributed by atoms with van der Waals surface area (Å²) in [5, 5.41) is 11.9. The molecule has 0 radical (unpaired) electrons. The molecule has 2 N–H and O–H groups in total. The molecular weight excluding hydrogens is 282 g/mol. The maximum Gasteiger partial charge on any atom is 0.321 e. The van der Waals surface area contributed by atoms with Gasteiger partial charge in [0.2, 0.25) is 5.89 Å². The van der Waals surface area contributed by atoms with Crippen molar-refractivity contribution in [3.63, 3.8) is 0 Å². The number of hydrogen-bond acceptors (Lipinski definition) is 4. The predicted octanol–water partition coefficient (Wildman–Crippen LogP) is 2.80. The van der Waals surface area contributed by atoms with E-state index in [0.29, 0.717) is 11.6 Å². The van der Waals surface area contributed by atoms with Crippen LogP contribution in [0.15, 0.2) is 28.7 Å². The van der Waals surface area contributed by atoms with Crippen molar-refractivity contribution in [3.8, 4) is 11.5 Å². The molecule has 1 aromatic heterocycles. The summed E-state index contributed by atoms with van der Waals surface area (Å²) < 4.78 is 5.60. The number of likely N-dealkylation sites (N-methyl/N-ethyl adjacent to an activating group) is 1. The minimum Gasteiger partial charge on any atom is -0.441 e. The Morgan fingerprint density at radius 1 is 1.45 bits per heavy atom. The lowest BCUT2D eigenvalue weighted by molar-refractivity contribution is 0.166. The molecule has 0 fully saturated rings. The summed E-state index contributed by atoms with van der Waals surface area (Å²) in [6.07, 6.45) is 0. The number of aliphatic hydroxyl groups excluding tert-OH is 1. The van der Waals surface area contributed by atoms with Crippen LogP contribution in [0.5, 0.6) is 0 Å². The highest BCUT2D eigenvalue weighted by molar-refractivity contribution is 5.90. The number of aliphatic hydroxyl groups is 1. The van der Waals surface area contributed by atoms with Crippen molar-refractivity contribution in [2.24, 2.45) is 0 Å². The first-order valence-corrected chi connectivity index (χ1v) is 7.11. The zero-order valence-electron chi connectivity index (χ0n) is 13.3. The number of oxazole rings is 1. The van der Waals surface area contributed by atoms with E-state index in [0.717, 1.165) is 17.0 Å². The molecule has 0 saturated carbocycles. The fourth-order valence-corrected chi connectivity index (χ4v) is 1.86. The molecule has 0 aliphatic heterocycles. The molecule has 1 heterocycles. The van der Waals surface area contributed by atoms with Crippen molar-refractivity contribution in [1.82, 2.24) is 9.88 Å². The Morgan fingerprint density at radius 3 is 2.77 bits per heavy atom. The van der Waals surface area contributed by atoms with Crippen molar-refractivity contribution in [1.29, 1.82) is 0 Å². The van der Waals surface area contributed by atoms with E-state index in [9.17, 15) is 4.79 Å². The molecule has 1 unspecified atom stereocenters. The van der Waals surface area contributed by atoms with Crippen molar-refractivity contribution in [2.75, 3.05) is 19.0 Å². The van der Waals surface area contributed by atoms with Crippen LogP contribution in [0.3, 0.4) is 0 Å². The Morgan fingerprint density at radius 2 is 2.18 bits per heavy atom. The summed E-state index contributed by atoms with van der Waals surface area (Å²) in [6, 6.07) is 6.77. The van der Waals surface area contributed by atoms with Crippen LogP contribution in [-0.4, -0.2) is 40.7 Å². The smallest absolute Gasteiger partial charge is 0.321 e. The Labute approximate surface area is 129 Å². The van der Waals surface area contributed by atoms with Gasteiger partial charge in [-0.2, -0.15) is 0 Å². The van der Waals surface area contributed by atoms with E-state index >= 15 is 0 Å². The maximum atomic E-state index is 12.1. The van der Waals surface area contributed by atoms with Gasteiger partial charge in [0.25, 0.3) is 0 Å². The fraction of sp³-hybridized carbons (Fsp3) is 0.375. The first kappa shape index (κ1) is 16.0. The summed E-state index contributed by atoms with van der Waals surface area (Å²) in [7, 11) is 1.64. The van der Waals surface area contributed by atoms with Gasteiger partial charge in [-0.1, -0.05) is 6.07 Å². The number of hydrogen-bond donors (Lipinski definition) is 2. The lowest BCUT2D eigenvalue weighted by Gasteiger charge is -2.23. The zero-order chi connectivity index (χ0) is 16.3. The van der Waals surface area contributed by atoms with Crippen LogP contribution in [-0.2, 0) is 0 Å². The van der Waals surface area contributed by atoms with Crippen molar-refractivity contribution in [3.05, 3.63) is 35.7 Å². The van der Waals surface area contributed by atoms with Crippen LogP contribution >= 0.6 is 0 Å². The third-order valence-corrected chi connectivity index (χ3v) is 3.64. The van der Waals surface area contributed by atoms with Crippen LogP contribution in [0.1, 0.15) is 18.4 Å². The number of rotatable bonds is 4. The van der Waals surface area contributed by atoms with Gasteiger partial charge in [0, 0.05) is 18.3 Å². The van der Waals surface area contributed by atoms with Gasteiger partial charge in [0.1, 0.15) is 5.76 Å². The molecule has 2 aromatic rings. The molecule has 0 bridgehead atoms. The van der Waals surface area contributed by atoms with Crippen molar-refractivity contribution < 1.29 is 14.3 Å². The zero-order valence-corrected chi connectivity index (χ0v) is 13.3. The molecule has 6 nitrogen and oxygen atoms in total. The van der Waals surface area contributed by atoms with E-state index in [1.54, 1.807) is 26.1 Å². The van der Waals surface area contributed by atoms with Crippen LogP contribution in [0, 0.1) is 13.8 Å². The maximum absolute atomic E-state index is 12.1. The van der Waals surface area contributed by atoms with Gasteiger partial charge in [-0.15, -0.1) is 0 Å².